The number of allylic oxidation sites excluding steroid dienone is 4. The molecule has 1 saturated heterocycles. The standard InChI is InChI=1S/C29H42N2O7/c1-5-6-24-37-23-12-20-19-8-7-17-11-18(32)9-10-27(17,3)25(19)21(33)13-28(20,4)29(23,38-24)22(34)14-36-15-31-26(35)16(2)30/h9-11,16,19-21,23-25,33H,5-8,12-15,30H2,1-4H3,(H,31,35)/t16-,19-,20-,21-,23+,24?,25+,27-,28-,29+/m0/s1. The Kier molecular flexibility index (Phi) is 7.22. The van der Waals surface area contributed by atoms with Crippen molar-refractivity contribution in [3.8, 4) is 0 Å². The van der Waals surface area contributed by atoms with Crippen molar-refractivity contribution >= 4 is 17.5 Å². The van der Waals surface area contributed by atoms with Gasteiger partial charge in [0.15, 0.2) is 23.5 Å². The third-order valence-electron chi connectivity index (χ3n) is 10.2. The van der Waals surface area contributed by atoms with Crippen molar-refractivity contribution in [3.63, 3.8) is 0 Å². The Hall–Kier alpha value is -1.91. The third-order valence-corrected chi connectivity index (χ3v) is 10.2. The van der Waals surface area contributed by atoms with Crippen LogP contribution in [0.2, 0.25) is 0 Å². The van der Waals surface area contributed by atoms with Crippen molar-refractivity contribution in [2.75, 3.05) is 13.3 Å². The highest BCUT2D eigenvalue weighted by molar-refractivity contribution is 6.01. The van der Waals surface area contributed by atoms with E-state index in [2.05, 4.69) is 26.1 Å². The molecule has 5 rings (SSSR count). The quantitative estimate of drug-likeness (QED) is 0.321. The molecular weight excluding hydrogens is 488 g/mol. The number of aliphatic hydroxyl groups excluding tert-OH is 1. The summed E-state index contributed by atoms with van der Waals surface area (Å²) in [4.78, 5) is 37.9. The maximum atomic E-state index is 14.0. The molecule has 5 aliphatic rings. The van der Waals surface area contributed by atoms with Crippen LogP contribution >= 0.6 is 0 Å². The smallest absolute Gasteiger partial charge is 0.238 e. The van der Waals surface area contributed by atoms with Gasteiger partial charge in [-0.25, -0.2) is 0 Å². The van der Waals surface area contributed by atoms with Gasteiger partial charge in [0.05, 0.1) is 18.2 Å². The van der Waals surface area contributed by atoms with Gasteiger partial charge >= 0.3 is 0 Å². The molecule has 9 nitrogen and oxygen atoms in total. The molecule has 1 unspecified atom stereocenters. The van der Waals surface area contributed by atoms with Gasteiger partial charge in [0, 0.05) is 16.7 Å². The zero-order valence-electron chi connectivity index (χ0n) is 22.9. The number of carbonyl (C=O) groups is 3. The number of fused-ring (bicyclic) bond motifs is 7. The molecular formula is C29H42N2O7. The number of ketones is 2. The van der Waals surface area contributed by atoms with E-state index in [1.807, 2.05) is 6.08 Å². The van der Waals surface area contributed by atoms with Crippen LogP contribution < -0.4 is 11.1 Å². The average Bonchev–Trinajstić information content (AvgIpc) is 3.34. The van der Waals surface area contributed by atoms with Crippen LogP contribution in [-0.4, -0.2) is 66.1 Å². The Labute approximate surface area is 224 Å². The number of ether oxygens (including phenoxy) is 3. The lowest BCUT2D eigenvalue weighted by Crippen LogP contribution is -2.63. The molecule has 4 aliphatic carbocycles. The monoisotopic (exact) mass is 530 g/mol. The number of nitrogens with two attached hydrogens (primary N) is 1. The lowest BCUT2D eigenvalue weighted by molar-refractivity contribution is -0.201. The van der Waals surface area contributed by atoms with Gasteiger partial charge in [-0.3, -0.25) is 14.4 Å². The van der Waals surface area contributed by atoms with Crippen LogP contribution in [0.5, 0.6) is 0 Å². The van der Waals surface area contributed by atoms with E-state index < -0.39 is 35.6 Å². The Morgan fingerprint density at radius 2 is 2.11 bits per heavy atom. The number of hydrogen-bond donors (Lipinski definition) is 3. The number of hydrogen-bond acceptors (Lipinski definition) is 8. The van der Waals surface area contributed by atoms with Gasteiger partial charge in [0.1, 0.15) is 13.3 Å². The van der Waals surface area contributed by atoms with E-state index in [9.17, 15) is 19.5 Å². The van der Waals surface area contributed by atoms with Crippen LogP contribution in [0, 0.1) is 28.6 Å². The molecule has 0 aromatic carbocycles. The first-order valence-electron chi connectivity index (χ1n) is 14.1. The van der Waals surface area contributed by atoms with E-state index in [-0.39, 0.29) is 54.0 Å². The number of Topliss-reactive ketones (excluding diaryl/α,β-unsaturated/α-hetero) is 1. The van der Waals surface area contributed by atoms with Gasteiger partial charge in [-0.1, -0.05) is 38.8 Å². The highest BCUT2D eigenvalue weighted by Gasteiger charge is 2.75. The summed E-state index contributed by atoms with van der Waals surface area (Å²) in [5, 5.41) is 14.3. The number of nitrogens with one attached hydrogen (secondary N) is 1. The van der Waals surface area contributed by atoms with Crippen molar-refractivity contribution in [3.05, 3.63) is 23.8 Å². The van der Waals surface area contributed by atoms with Gasteiger partial charge in [0.25, 0.3) is 0 Å². The summed E-state index contributed by atoms with van der Waals surface area (Å²) in [7, 11) is 0. The zero-order valence-corrected chi connectivity index (χ0v) is 22.9. The van der Waals surface area contributed by atoms with Gasteiger partial charge < -0.3 is 30.4 Å². The van der Waals surface area contributed by atoms with Crippen LogP contribution in [0.1, 0.15) is 66.2 Å². The minimum Gasteiger partial charge on any atom is -0.393 e. The molecule has 4 fully saturated rings. The molecule has 210 valence electrons. The van der Waals surface area contributed by atoms with E-state index in [1.54, 1.807) is 19.1 Å². The Morgan fingerprint density at radius 1 is 1.34 bits per heavy atom. The summed E-state index contributed by atoms with van der Waals surface area (Å²) in [5.74, 6) is -0.350. The molecule has 4 N–H and O–H groups in total. The van der Waals surface area contributed by atoms with E-state index >= 15 is 0 Å². The van der Waals surface area contributed by atoms with E-state index in [1.165, 1.54) is 0 Å². The van der Waals surface area contributed by atoms with Crippen LogP contribution in [-0.2, 0) is 28.6 Å². The largest absolute Gasteiger partial charge is 0.393 e. The lowest BCUT2D eigenvalue weighted by Gasteiger charge is -2.59. The Bertz CT molecular complexity index is 1060. The van der Waals surface area contributed by atoms with Gasteiger partial charge in [-0.15, -0.1) is 0 Å². The summed E-state index contributed by atoms with van der Waals surface area (Å²) in [5.41, 5.74) is 4.41. The predicted molar refractivity (Wildman–Crippen MR) is 138 cm³/mol. The van der Waals surface area contributed by atoms with Gasteiger partial charge in [0.2, 0.25) is 5.91 Å². The highest BCUT2D eigenvalue weighted by Crippen LogP contribution is 2.69. The van der Waals surface area contributed by atoms with Crippen molar-refractivity contribution in [2.24, 2.45) is 34.3 Å². The first-order valence-corrected chi connectivity index (χ1v) is 14.1. The number of amides is 1. The second-order valence-corrected chi connectivity index (χ2v) is 12.4. The molecule has 9 heteroatoms. The topological polar surface area (TPSA) is 137 Å². The average molecular weight is 531 g/mol. The van der Waals surface area contributed by atoms with Crippen LogP contribution in [0.4, 0.5) is 0 Å². The van der Waals surface area contributed by atoms with Crippen molar-refractivity contribution in [1.29, 1.82) is 0 Å². The number of aliphatic hydroxyl groups is 1. The fourth-order valence-corrected chi connectivity index (χ4v) is 8.54. The fraction of sp³-hybridized carbons (Fsp3) is 0.759. The van der Waals surface area contributed by atoms with Crippen LogP contribution in [0.15, 0.2) is 23.8 Å². The summed E-state index contributed by atoms with van der Waals surface area (Å²) in [6, 6.07) is -0.672. The second-order valence-electron chi connectivity index (χ2n) is 12.4. The third kappa shape index (κ3) is 4.04. The fourth-order valence-electron chi connectivity index (χ4n) is 8.54. The normalized spacial score (nSPS) is 43.9. The van der Waals surface area contributed by atoms with Crippen LogP contribution in [0.25, 0.3) is 0 Å². The maximum absolute atomic E-state index is 14.0. The summed E-state index contributed by atoms with van der Waals surface area (Å²) >= 11 is 0. The highest BCUT2D eigenvalue weighted by atomic mass is 16.7. The maximum Gasteiger partial charge on any atom is 0.238 e. The van der Waals surface area contributed by atoms with Crippen molar-refractivity contribution in [1.82, 2.24) is 5.32 Å². The Morgan fingerprint density at radius 3 is 2.82 bits per heavy atom. The number of carbonyl (C=O) groups excluding carboxylic acids is 3. The van der Waals surface area contributed by atoms with E-state index in [0.29, 0.717) is 19.3 Å². The second kappa shape index (κ2) is 9.93. The first kappa shape index (κ1) is 27.6. The molecule has 0 aromatic rings. The van der Waals surface area contributed by atoms with Crippen molar-refractivity contribution in [2.45, 2.75) is 96.4 Å². The van der Waals surface area contributed by atoms with E-state index in [0.717, 1.165) is 24.8 Å². The minimum absolute atomic E-state index is 0.00638. The molecule has 0 radical (unpaired) electrons. The molecule has 1 heterocycles. The van der Waals surface area contributed by atoms with Crippen LogP contribution in [0.3, 0.4) is 0 Å². The summed E-state index contributed by atoms with van der Waals surface area (Å²) < 4.78 is 18.6. The summed E-state index contributed by atoms with van der Waals surface area (Å²) in [6.45, 7) is 7.48. The SMILES string of the molecule is CCCC1O[C@@H]2C[C@H]3[C@@H]4CCC5=CC(=O)C=C[C@]5(C)[C@H]4[C@@H](O)C[C@]3(C)[C@]2(C(=O)COCNC(=O)[C@H](C)N)O1. The molecule has 3 saturated carbocycles. The molecule has 38 heavy (non-hydrogen) atoms. The molecule has 1 aliphatic heterocycles. The molecule has 0 bridgehead atoms. The first-order chi connectivity index (χ1) is 18.0. The predicted octanol–water partition coefficient (Wildman–Crippen LogP) is 2.16. The van der Waals surface area contributed by atoms with Gasteiger partial charge in [-0.05, 0) is 63.0 Å². The molecule has 0 aromatic heterocycles. The number of rotatable bonds is 8. The Balaban J connectivity index is 1.43. The molecule has 1 amide bonds. The molecule has 10 atom stereocenters. The minimum atomic E-state index is -1.23. The zero-order chi connectivity index (χ0) is 27.5. The summed E-state index contributed by atoms with van der Waals surface area (Å²) in [6.07, 6.45) is 8.03. The molecule has 0 spiro atoms. The lowest BCUT2D eigenvalue weighted by atomic mass is 9.46. The van der Waals surface area contributed by atoms with Gasteiger partial charge in [-0.2, -0.15) is 0 Å². The van der Waals surface area contributed by atoms with Crippen molar-refractivity contribution < 1.29 is 33.7 Å². The van der Waals surface area contributed by atoms with E-state index in [4.69, 9.17) is 19.9 Å².